The van der Waals surface area contributed by atoms with Crippen molar-refractivity contribution >= 4 is 11.9 Å². The van der Waals surface area contributed by atoms with Crippen molar-refractivity contribution < 1.29 is 14.3 Å². The van der Waals surface area contributed by atoms with Crippen LogP contribution in [0.2, 0.25) is 0 Å². The van der Waals surface area contributed by atoms with Gasteiger partial charge in [0.15, 0.2) is 0 Å². The van der Waals surface area contributed by atoms with Crippen molar-refractivity contribution in [2.24, 2.45) is 17.1 Å². The van der Waals surface area contributed by atoms with E-state index in [4.69, 9.17) is 10.5 Å². The molecule has 0 aromatic rings. The highest BCUT2D eigenvalue weighted by molar-refractivity contribution is 5.78. The number of carbonyl (C=O) groups is 2. The largest absolute Gasteiger partial charge is 0.469 e. The molecule has 1 heterocycles. The molecule has 0 unspecified atom stereocenters. The summed E-state index contributed by atoms with van der Waals surface area (Å²) in [6.45, 7) is 1.94. The fraction of sp³-hybridized carbons (Fsp3) is 0.875. The second kappa shape index (κ2) is 7.25. The number of methoxy groups -OCH3 is 1. The van der Waals surface area contributed by atoms with E-state index in [1.165, 1.54) is 26.4 Å². The molecular weight excluding hydrogens is 268 g/mol. The lowest BCUT2D eigenvalue weighted by Gasteiger charge is -2.38. The third-order valence-corrected chi connectivity index (χ3v) is 5.26. The van der Waals surface area contributed by atoms with E-state index in [0.717, 1.165) is 12.8 Å². The predicted octanol–water partition coefficient (Wildman–Crippen LogP) is 1.70. The first kappa shape index (κ1) is 16.3. The van der Waals surface area contributed by atoms with Crippen LogP contribution < -0.4 is 5.73 Å². The second-order valence-electron chi connectivity index (χ2n) is 6.62. The first-order valence-electron chi connectivity index (χ1n) is 8.16. The van der Waals surface area contributed by atoms with Crippen molar-refractivity contribution in [3.63, 3.8) is 0 Å². The Hall–Kier alpha value is -1.10. The molecule has 0 radical (unpaired) electrons. The number of nitrogens with zero attached hydrogens (tertiary/aromatic N) is 1. The van der Waals surface area contributed by atoms with Crippen LogP contribution in [-0.4, -0.2) is 43.5 Å². The SMILES string of the molecule is COC(=O)C1CCN(C(=O)CC2(CN)CCCCC2)CC1. The predicted molar refractivity (Wildman–Crippen MR) is 80.5 cm³/mol. The summed E-state index contributed by atoms with van der Waals surface area (Å²) in [6, 6.07) is 0. The van der Waals surface area contributed by atoms with Gasteiger partial charge in [-0.2, -0.15) is 0 Å². The van der Waals surface area contributed by atoms with Crippen LogP contribution >= 0.6 is 0 Å². The van der Waals surface area contributed by atoms with Crippen molar-refractivity contribution in [2.75, 3.05) is 26.7 Å². The van der Waals surface area contributed by atoms with Gasteiger partial charge in [-0.3, -0.25) is 9.59 Å². The van der Waals surface area contributed by atoms with Crippen molar-refractivity contribution in [1.82, 2.24) is 4.90 Å². The summed E-state index contributed by atoms with van der Waals surface area (Å²) >= 11 is 0. The van der Waals surface area contributed by atoms with E-state index in [0.29, 0.717) is 38.9 Å². The Morgan fingerprint density at radius 3 is 2.33 bits per heavy atom. The minimum Gasteiger partial charge on any atom is -0.469 e. The molecular formula is C16H28N2O3. The molecule has 21 heavy (non-hydrogen) atoms. The van der Waals surface area contributed by atoms with Crippen LogP contribution in [0.5, 0.6) is 0 Å². The lowest BCUT2D eigenvalue weighted by atomic mass is 9.71. The quantitative estimate of drug-likeness (QED) is 0.801. The lowest BCUT2D eigenvalue weighted by Crippen LogP contribution is -2.44. The van der Waals surface area contributed by atoms with Gasteiger partial charge in [-0.05, 0) is 37.6 Å². The molecule has 2 aliphatic rings. The Morgan fingerprint density at radius 2 is 1.81 bits per heavy atom. The average molecular weight is 296 g/mol. The van der Waals surface area contributed by atoms with Crippen LogP contribution in [0.3, 0.4) is 0 Å². The molecule has 1 saturated heterocycles. The Kier molecular flexibility index (Phi) is 5.62. The second-order valence-corrected chi connectivity index (χ2v) is 6.62. The third-order valence-electron chi connectivity index (χ3n) is 5.26. The summed E-state index contributed by atoms with van der Waals surface area (Å²) in [6.07, 6.45) is 7.81. The molecule has 1 saturated carbocycles. The number of ether oxygens (including phenoxy) is 1. The van der Waals surface area contributed by atoms with Crippen molar-refractivity contribution in [1.29, 1.82) is 0 Å². The first-order valence-corrected chi connectivity index (χ1v) is 8.16. The summed E-state index contributed by atoms with van der Waals surface area (Å²) in [4.78, 5) is 26.0. The monoisotopic (exact) mass is 296 g/mol. The van der Waals surface area contributed by atoms with Crippen molar-refractivity contribution in [3.05, 3.63) is 0 Å². The average Bonchev–Trinajstić information content (AvgIpc) is 2.55. The fourth-order valence-corrected chi connectivity index (χ4v) is 3.72. The van der Waals surface area contributed by atoms with Gasteiger partial charge in [-0.25, -0.2) is 0 Å². The minimum atomic E-state index is -0.146. The third kappa shape index (κ3) is 3.96. The maximum atomic E-state index is 12.5. The number of piperidine rings is 1. The highest BCUT2D eigenvalue weighted by Crippen LogP contribution is 2.39. The van der Waals surface area contributed by atoms with Crippen LogP contribution in [-0.2, 0) is 14.3 Å². The van der Waals surface area contributed by atoms with Gasteiger partial charge >= 0.3 is 5.97 Å². The number of esters is 1. The first-order chi connectivity index (χ1) is 10.1. The van der Waals surface area contributed by atoms with E-state index < -0.39 is 0 Å². The molecule has 0 aromatic heterocycles. The smallest absolute Gasteiger partial charge is 0.308 e. The normalized spacial score (nSPS) is 22.9. The highest BCUT2D eigenvalue weighted by Gasteiger charge is 2.36. The van der Waals surface area contributed by atoms with Crippen molar-refractivity contribution in [3.8, 4) is 0 Å². The molecule has 1 aliphatic heterocycles. The maximum Gasteiger partial charge on any atom is 0.308 e. The molecule has 1 amide bonds. The Balaban J connectivity index is 1.85. The van der Waals surface area contributed by atoms with E-state index in [1.54, 1.807) is 0 Å². The molecule has 1 aliphatic carbocycles. The topological polar surface area (TPSA) is 72.6 Å². The molecule has 0 atom stereocenters. The van der Waals surface area contributed by atoms with E-state index in [-0.39, 0.29) is 23.2 Å². The Labute approximate surface area is 127 Å². The van der Waals surface area contributed by atoms with Gasteiger partial charge in [0.05, 0.1) is 13.0 Å². The number of amides is 1. The fourth-order valence-electron chi connectivity index (χ4n) is 3.72. The number of hydrogen-bond donors (Lipinski definition) is 1. The van der Waals surface area contributed by atoms with Crippen LogP contribution in [0.4, 0.5) is 0 Å². The molecule has 2 fully saturated rings. The molecule has 5 nitrogen and oxygen atoms in total. The van der Waals surface area contributed by atoms with Crippen LogP contribution in [0, 0.1) is 11.3 Å². The number of likely N-dealkylation sites (tertiary alicyclic amines) is 1. The van der Waals surface area contributed by atoms with Crippen LogP contribution in [0.15, 0.2) is 0 Å². The van der Waals surface area contributed by atoms with E-state index >= 15 is 0 Å². The lowest BCUT2D eigenvalue weighted by molar-refractivity contribution is -0.149. The number of nitrogens with two attached hydrogens (primary N) is 1. The van der Waals surface area contributed by atoms with E-state index in [2.05, 4.69) is 0 Å². The zero-order valence-electron chi connectivity index (χ0n) is 13.1. The number of hydrogen-bond acceptors (Lipinski definition) is 4. The van der Waals surface area contributed by atoms with Gasteiger partial charge in [0, 0.05) is 19.5 Å². The molecule has 5 heteroatoms. The number of rotatable bonds is 4. The zero-order valence-corrected chi connectivity index (χ0v) is 13.1. The molecule has 0 bridgehead atoms. The standard InChI is InChI=1S/C16H28N2O3/c1-21-15(20)13-5-9-18(10-6-13)14(19)11-16(12-17)7-3-2-4-8-16/h13H,2-12,17H2,1H3. The molecule has 2 rings (SSSR count). The zero-order chi connectivity index (χ0) is 15.3. The van der Waals surface area contributed by atoms with Gasteiger partial charge in [0.2, 0.25) is 5.91 Å². The van der Waals surface area contributed by atoms with E-state index in [1.807, 2.05) is 4.90 Å². The molecule has 120 valence electrons. The van der Waals surface area contributed by atoms with Gasteiger partial charge in [-0.1, -0.05) is 19.3 Å². The van der Waals surface area contributed by atoms with Gasteiger partial charge in [-0.15, -0.1) is 0 Å². The summed E-state index contributed by atoms with van der Waals surface area (Å²) < 4.78 is 4.78. The van der Waals surface area contributed by atoms with Gasteiger partial charge < -0.3 is 15.4 Å². The summed E-state index contributed by atoms with van der Waals surface area (Å²) in [5.41, 5.74) is 5.99. The molecule has 0 spiro atoms. The maximum absolute atomic E-state index is 12.5. The van der Waals surface area contributed by atoms with Gasteiger partial charge in [0.25, 0.3) is 0 Å². The minimum absolute atomic E-state index is 0.0224. The summed E-state index contributed by atoms with van der Waals surface area (Å²) in [5.74, 6) is 0.0238. The van der Waals surface area contributed by atoms with Crippen LogP contribution in [0.1, 0.15) is 51.4 Å². The van der Waals surface area contributed by atoms with Gasteiger partial charge in [0.1, 0.15) is 0 Å². The Morgan fingerprint density at radius 1 is 1.19 bits per heavy atom. The van der Waals surface area contributed by atoms with E-state index in [9.17, 15) is 9.59 Å². The summed E-state index contributed by atoms with van der Waals surface area (Å²) in [5, 5.41) is 0. The molecule has 0 aromatic carbocycles. The molecule has 2 N–H and O–H groups in total. The highest BCUT2D eigenvalue weighted by atomic mass is 16.5. The number of carbonyl (C=O) groups excluding carboxylic acids is 2. The summed E-state index contributed by atoms with van der Waals surface area (Å²) in [7, 11) is 1.42. The Bertz CT molecular complexity index is 370. The van der Waals surface area contributed by atoms with Crippen molar-refractivity contribution in [2.45, 2.75) is 51.4 Å². The van der Waals surface area contributed by atoms with Crippen LogP contribution in [0.25, 0.3) is 0 Å².